The van der Waals surface area contributed by atoms with Crippen molar-refractivity contribution in [1.29, 1.82) is 0 Å². The molecule has 0 unspecified atom stereocenters. The minimum Gasteiger partial charge on any atom is -0.390 e. The van der Waals surface area contributed by atoms with Crippen LogP contribution in [0.25, 0.3) is 0 Å². The molecule has 3 saturated carbocycles. The maximum absolute atomic E-state index is 17.4. The van der Waals surface area contributed by atoms with Gasteiger partial charge in [-0.15, -0.1) is 0 Å². The number of halogens is 1. The summed E-state index contributed by atoms with van der Waals surface area (Å²) >= 11 is 0. The summed E-state index contributed by atoms with van der Waals surface area (Å²) in [7, 11) is 3.57. The fourth-order valence-corrected chi connectivity index (χ4v) is 8.29. The number of fused-ring (bicyclic) bond motifs is 7. The molecule has 8 atom stereocenters. The molecule has 5 rings (SSSR count). The second-order valence-electron chi connectivity index (χ2n) is 11.9. The number of aliphatic hydroxyl groups excluding tert-OH is 2. The molecule has 1 saturated heterocycles. The Morgan fingerprint density at radius 3 is 2.62 bits per heavy atom. The third-order valence-corrected chi connectivity index (χ3v) is 9.53. The number of carbonyl (C=O) groups excluding carboxylic acids is 1. The Labute approximate surface area is 200 Å². The van der Waals surface area contributed by atoms with Gasteiger partial charge in [-0.2, -0.15) is 5.10 Å². The minimum absolute atomic E-state index is 0.129. The lowest BCUT2D eigenvalue weighted by Gasteiger charge is -2.63. The van der Waals surface area contributed by atoms with Gasteiger partial charge in [0.1, 0.15) is 5.60 Å². The highest BCUT2D eigenvalue weighted by atomic mass is 19.1. The molecule has 0 bridgehead atoms. The van der Waals surface area contributed by atoms with Crippen molar-refractivity contribution in [2.75, 3.05) is 20.7 Å². The lowest BCUT2D eigenvalue weighted by molar-refractivity contribution is -0.236. The van der Waals surface area contributed by atoms with Gasteiger partial charge in [-0.3, -0.25) is 4.79 Å². The fraction of sp³-hybridized carbons (Fsp3) is 0.769. The molecule has 0 radical (unpaired) electrons. The molecule has 0 aromatic carbocycles. The summed E-state index contributed by atoms with van der Waals surface area (Å²) in [6.07, 6.45) is 4.75. The van der Waals surface area contributed by atoms with E-state index >= 15 is 4.39 Å². The molecule has 188 valence electrons. The van der Waals surface area contributed by atoms with Crippen molar-refractivity contribution in [2.24, 2.45) is 27.8 Å². The van der Waals surface area contributed by atoms with Gasteiger partial charge in [0, 0.05) is 30.8 Å². The molecule has 34 heavy (non-hydrogen) atoms. The number of rotatable bonds is 3. The molecule has 0 amide bonds. The molecule has 1 aliphatic heterocycles. The first-order chi connectivity index (χ1) is 15.7. The summed E-state index contributed by atoms with van der Waals surface area (Å²) in [5.74, 6) is -1.66. The Hall–Kier alpha value is -1.61. The zero-order valence-electron chi connectivity index (χ0n) is 21.0. The van der Waals surface area contributed by atoms with Gasteiger partial charge in [-0.1, -0.05) is 18.6 Å². The SMILES string of the molecule is CN(C)N=C(CO)[C@@]12OC(C)(C)O[C@@H]1C[C@H]1[C@@H]3CCC4=CC(=O)C=C[C@]4(C)[C@@]3(F)[C@@H](O)C[C@@]12C. The number of carbonyl (C=O) groups is 1. The maximum Gasteiger partial charge on any atom is 0.178 e. The number of hydrazone groups is 1. The molecule has 0 aromatic heterocycles. The first-order valence-electron chi connectivity index (χ1n) is 12.3. The van der Waals surface area contributed by atoms with Crippen molar-refractivity contribution in [3.63, 3.8) is 0 Å². The van der Waals surface area contributed by atoms with E-state index in [0.717, 1.165) is 5.57 Å². The average Bonchev–Trinajstić information content (AvgIpc) is 3.14. The molecule has 2 N–H and O–H groups in total. The summed E-state index contributed by atoms with van der Waals surface area (Å²) in [4.78, 5) is 12.0. The van der Waals surface area contributed by atoms with Crippen LogP contribution in [0.4, 0.5) is 4.39 Å². The zero-order chi connectivity index (χ0) is 24.9. The van der Waals surface area contributed by atoms with E-state index in [2.05, 4.69) is 5.10 Å². The number of aliphatic hydroxyl groups is 2. The van der Waals surface area contributed by atoms with Gasteiger partial charge in [0.05, 0.1) is 24.5 Å². The van der Waals surface area contributed by atoms with Crippen LogP contribution in [0, 0.1) is 22.7 Å². The highest BCUT2D eigenvalue weighted by molar-refractivity contribution is 6.01. The van der Waals surface area contributed by atoms with Gasteiger partial charge in [0.25, 0.3) is 0 Å². The quantitative estimate of drug-likeness (QED) is 0.481. The van der Waals surface area contributed by atoms with Gasteiger partial charge in [0.2, 0.25) is 0 Å². The molecule has 0 spiro atoms. The van der Waals surface area contributed by atoms with E-state index in [-0.39, 0.29) is 24.7 Å². The molecule has 5 aliphatic rings. The molecular weight excluding hydrogens is 439 g/mol. The van der Waals surface area contributed by atoms with Crippen LogP contribution in [0.3, 0.4) is 0 Å². The van der Waals surface area contributed by atoms with Crippen LogP contribution in [0.5, 0.6) is 0 Å². The largest absolute Gasteiger partial charge is 0.390 e. The molecule has 4 aliphatic carbocycles. The summed E-state index contributed by atoms with van der Waals surface area (Å²) in [6, 6.07) is 0. The van der Waals surface area contributed by atoms with Crippen molar-refractivity contribution in [3.05, 3.63) is 23.8 Å². The monoisotopic (exact) mass is 476 g/mol. The highest BCUT2D eigenvalue weighted by Crippen LogP contribution is 2.72. The second-order valence-corrected chi connectivity index (χ2v) is 11.9. The highest BCUT2D eigenvalue weighted by Gasteiger charge is 2.79. The third-order valence-electron chi connectivity index (χ3n) is 9.53. The predicted octanol–water partition coefficient (Wildman–Crippen LogP) is 2.77. The molecule has 8 heteroatoms. The molecular formula is C26H37FN2O5. The average molecular weight is 477 g/mol. The number of alkyl halides is 1. The van der Waals surface area contributed by atoms with Gasteiger partial charge in [0.15, 0.2) is 17.2 Å². The normalized spacial score (nSPS) is 49.1. The molecule has 0 aromatic rings. The van der Waals surface area contributed by atoms with Crippen LogP contribution in [0.1, 0.15) is 53.4 Å². The van der Waals surface area contributed by atoms with E-state index in [1.165, 1.54) is 6.08 Å². The first-order valence-corrected chi connectivity index (χ1v) is 12.3. The van der Waals surface area contributed by atoms with Crippen LogP contribution in [-0.4, -0.2) is 76.7 Å². The lowest BCUT2D eigenvalue weighted by Crippen LogP contribution is -2.70. The van der Waals surface area contributed by atoms with Crippen LogP contribution >= 0.6 is 0 Å². The van der Waals surface area contributed by atoms with E-state index < -0.39 is 46.0 Å². The molecule has 7 nitrogen and oxygen atoms in total. The number of allylic oxidation sites excluding steroid dienone is 4. The Balaban J connectivity index is 1.66. The summed E-state index contributed by atoms with van der Waals surface area (Å²) < 4.78 is 30.4. The van der Waals surface area contributed by atoms with Gasteiger partial charge < -0.3 is 24.7 Å². The predicted molar refractivity (Wildman–Crippen MR) is 125 cm³/mol. The van der Waals surface area contributed by atoms with E-state index in [9.17, 15) is 15.0 Å². The van der Waals surface area contributed by atoms with Crippen molar-refractivity contribution >= 4 is 11.5 Å². The number of hydrogen-bond donors (Lipinski definition) is 2. The van der Waals surface area contributed by atoms with Crippen LogP contribution in [-0.2, 0) is 14.3 Å². The summed E-state index contributed by atoms with van der Waals surface area (Å²) in [5, 5.41) is 28.3. The minimum atomic E-state index is -1.92. The summed E-state index contributed by atoms with van der Waals surface area (Å²) in [5.41, 5.74) is -3.57. The standard InChI is InChI=1S/C26H37FN2O5/c1-22(2)33-21-12-18-17-8-7-15-11-16(31)9-10-23(15,3)25(17,27)20(32)13-24(18,4)26(21,34-22)19(14-30)28-29(5)6/h9-11,17-18,20-21,30,32H,7-8,12-14H2,1-6H3/t17-,18-,20-,21+,23-,24-,25-,26+/m0/s1. The van der Waals surface area contributed by atoms with Crippen LogP contribution in [0.2, 0.25) is 0 Å². The Kier molecular flexibility index (Phi) is 5.11. The van der Waals surface area contributed by atoms with Crippen LogP contribution < -0.4 is 0 Å². The second kappa shape index (κ2) is 7.21. The zero-order valence-corrected chi connectivity index (χ0v) is 21.0. The van der Waals surface area contributed by atoms with Crippen LogP contribution in [0.15, 0.2) is 28.9 Å². The Morgan fingerprint density at radius 1 is 1.26 bits per heavy atom. The fourth-order valence-electron chi connectivity index (χ4n) is 8.29. The topological polar surface area (TPSA) is 91.6 Å². The lowest BCUT2D eigenvalue weighted by atomic mass is 9.44. The van der Waals surface area contributed by atoms with Crippen molar-refractivity contribution in [3.8, 4) is 0 Å². The summed E-state index contributed by atoms with van der Waals surface area (Å²) in [6.45, 7) is 7.22. The van der Waals surface area contributed by atoms with Crippen molar-refractivity contribution < 1.29 is 28.9 Å². The van der Waals surface area contributed by atoms with Crippen molar-refractivity contribution in [2.45, 2.75) is 82.6 Å². The first kappa shape index (κ1) is 24.1. The molecule has 1 heterocycles. The molecule has 4 fully saturated rings. The Morgan fingerprint density at radius 2 is 1.97 bits per heavy atom. The van der Waals surface area contributed by atoms with Gasteiger partial charge in [-0.05, 0) is 64.5 Å². The third kappa shape index (κ3) is 2.77. The maximum atomic E-state index is 17.4. The van der Waals surface area contributed by atoms with E-state index in [1.807, 2.05) is 27.7 Å². The smallest absolute Gasteiger partial charge is 0.178 e. The van der Waals surface area contributed by atoms with E-state index in [0.29, 0.717) is 25.0 Å². The number of ether oxygens (including phenoxy) is 2. The van der Waals surface area contributed by atoms with Gasteiger partial charge in [-0.25, -0.2) is 4.39 Å². The van der Waals surface area contributed by atoms with E-state index in [1.54, 1.807) is 31.3 Å². The number of ketones is 1. The number of hydrogen-bond acceptors (Lipinski definition) is 7. The number of nitrogens with zero attached hydrogens (tertiary/aromatic N) is 2. The van der Waals surface area contributed by atoms with E-state index in [4.69, 9.17) is 9.47 Å². The van der Waals surface area contributed by atoms with Crippen molar-refractivity contribution in [1.82, 2.24) is 5.01 Å². The van der Waals surface area contributed by atoms with Gasteiger partial charge >= 0.3 is 0 Å². The Bertz CT molecular complexity index is 1010.